The first kappa shape index (κ1) is 18.9. The topological polar surface area (TPSA) is 76.8 Å². The van der Waals surface area contributed by atoms with Crippen molar-refractivity contribution >= 4 is 21.4 Å². The Morgan fingerprint density at radius 3 is 2.38 bits per heavy atom. The second-order valence-corrected chi connectivity index (χ2v) is 8.40. The average Bonchev–Trinajstić information content (AvgIpc) is 3.13. The SMILES string of the molecule is COc1ccc(N(Cc2ccccc2)S(=O)(=O)c2ccc3nnc(C)n3c2)cc1. The van der Waals surface area contributed by atoms with Gasteiger partial charge in [0.1, 0.15) is 16.5 Å². The van der Waals surface area contributed by atoms with Crippen molar-refractivity contribution in [1.82, 2.24) is 14.6 Å². The number of methoxy groups -OCH3 is 1. The number of fused-ring (bicyclic) bond motifs is 1. The molecule has 2 aromatic carbocycles. The molecule has 0 spiro atoms. The Kier molecular flexibility index (Phi) is 4.94. The Hall–Kier alpha value is -3.39. The molecule has 0 aliphatic carbocycles. The van der Waals surface area contributed by atoms with Crippen LogP contribution in [0.4, 0.5) is 5.69 Å². The van der Waals surface area contributed by atoms with Crippen molar-refractivity contribution in [3.63, 3.8) is 0 Å². The lowest BCUT2D eigenvalue weighted by Gasteiger charge is -2.25. The molecule has 0 atom stereocenters. The highest BCUT2D eigenvalue weighted by Crippen LogP contribution is 2.28. The van der Waals surface area contributed by atoms with Gasteiger partial charge in [0.15, 0.2) is 5.65 Å². The maximum Gasteiger partial charge on any atom is 0.266 e. The van der Waals surface area contributed by atoms with Crippen LogP contribution in [-0.4, -0.2) is 30.1 Å². The van der Waals surface area contributed by atoms with Crippen LogP contribution in [0.2, 0.25) is 0 Å². The summed E-state index contributed by atoms with van der Waals surface area (Å²) in [6, 6.07) is 19.7. The van der Waals surface area contributed by atoms with Gasteiger partial charge in [0.25, 0.3) is 10.0 Å². The van der Waals surface area contributed by atoms with Gasteiger partial charge in [0, 0.05) is 6.20 Å². The predicted octanol–water partition coefficient (Wildman–Crippen LogP) is 3.44. The lowest BCUT2D eigenvalue weighted by Crippen LogP contribution is -2.30. The van der Waals surface area contributed by atoms with Crippen molar-refractivity contribution in [2.75, 3.05) is 11.4 Å². The molecule has 0 bridgehead atoms. The Morgan fingerprint density at radius 1 is 0.966 bits per heavy atom. The van der Waals surface area contributed by atoms with Gasteiger partial charge in [-0.3, -0.25) is 8.71 Å². The van der Waals surface area contributed by atoms with Gasteiger partial charge in [-0.1, -0.05) is 30.3 Å². The molecule has 2 heterocycles. The Labute approximate surface area is 169 Å². The fourth-order valence-corrected chi connectivity index (χ4v) is 4.53. The fourth-order valence-electron chi connectivity index (χ4n) is 3.08. The number of hydrogen-bond acceptors (Lipinski definition) is 5. The summed E-state index contributed by atoms with van der Waals surface area (Å²) in [4.78, 5) is 0.166. The monoisotopic (exact) mass is 408 g/mol. The lowest BCUT2D eigenvalue weighted by atomic mass is 10.2. The first-order valence-corrected chi connectivity index (χ1v) is 10.4. The minimum absolute atomic E-state index is 0.166. The summed E-state index contributed by atoms with van der Waals surface area (Å²) in [5.74, 6) is 1.28. The van der Waals surface area contributed by atoms with Gasteiger partial charge in [0.05, 0.1) is 19.3 Å². The Balaban J connectivity index is 1.81. The molecule has 0 saturated heterocycles. The van der Waals surface area contributed by atoms with Crippen LogP contribution in [0.15, 0.2) is 77.8 Å². The van der Waals surface area contributed by atoms with Crippen LogP contribution >= 0.6 is 0 Å². The summed E-state index contributed by atoms with van der Waals surface area (Å²) in [6.07, 6.45) is 1.56. The number of aryl methyl sites for hydroxylation is 1. The van der Waals surface area contributed by atoms with Crippen molar-refractivity contribution in [3.8, 4) is 5.75 Å². The van der Waals surface area contributed by atoms with Gasteiger partial charge < -0.3 is 4.74 Å². The van der Waals surface area contributed by atoms with E-state index in [0.29, 0.717) is 22.9 Å². The number of benzene rings is 2. The van der Waals surface area contributed by atoms with Gasteiger partial charge in [-0.2, -0.15) is 0 Å². The molecule has 148 valence electrons. The van der Waals surface area contributed by atoms with E-state index in [9.17, 15) is 8.42 Å². The van der Waals surface area contributed by atoms with Crippen LogP contribution in [0.25, 0.3) is 5.65 Å². The van der Waals surface area contributed by atoms with Crippen molar-refractivity contribution in [1.29, 1.82) is 0 Å². The zero-order chi connectivity index (χ0) is 20.4. The van der Waals surface area contributed by atoms with Crippen LogP contribution in [0.5, 0.6) is 5.75 Å². The smallest absolute Gasteiger partial charge is 0.266 e. The van der Waals surface area contributed by atoms with E-state index < -0.39 is 10.0 Å². The van der Waals surface area contributed by atoms with E-state index in [1.165, 1.54) is 4.31 Å². The Bertz CT molecular complexity index is 1240. The first-order valence-electron chi connectivity index (χ1n) is 9.01. The largest absolute Gasteiger partial charge is 0.497 e. The summed E-state index contributed by atoms with van der Waals surface area (Å²) in [7, 11) is -2.27. The van der Waals surface area contributed by atoms with Crippen molar-refractivity contribution < 1.29 is 13.2 Å². The number of nitrogens with zero attached hydrogens (tertiary/aromatic N) is 4. The highest BCUT2D eigenvalue weighted by Gasteiger charge is 2.26. The molecule has 4 rings (SSSR count). The van der Waals surface area contributed by atoms with Gasteiger partial charge in [-0.25, -0.2) is 8.42 Å². The third-order valence-electron chi connectivity index (χ3n) is 4.66. The minimum Gasteiger partial charge on any atom is -0.497 e. The molecule has 7 nitrogen and oxygen atoms in total. The fraction of sp³-hybridized carbons (Fsp3) is 0.143. The van der Waals surface area contributed by atoms with E-state index in [1.807, 2.05) is 30.3 Å². The van der Waals surface area contributed by atoms with Crippen molar-refractivity contribution in [2.24, 2.45) is 0 Å². The maximum absolute atomic E-state index is 13.6. The highest BCUT2D eigenvalue weighted by atomic mass is 32.2. The van der Waals surface area contributed by atoms with Crippen LogP contribution in [-0.2, 0) is 16.6 Å². The number of sulfonamides is 1. The molecule has 0 saturated carbocycles. The van der Waals surface area contributed by atoms with Crippen molar-refractivity contribution in [2.45, 2.75) is 18.4 Å². The van der Waals surface area contributed by atoms with Crippen molar-refractivity contribution in [3.05, 3.63) is 84.3 Å². The van der Waals surface area contributed by atoms with Crippen LogP contribution in [0.1, 0.15) is 11.4 Å². The molecule has 29 heavy (non-hydrogen) atoms. The average molecular weight is 408 g/mol. The second-order valence-electron chi connectivity index (χ2n) is 6.54. The molecule has 4 aromatic rings. The molecule has 2 aromatic heterocycles. The van der Waals surface area contributed by atoms with E-state index in [-0.39, 0.29) is 11.4 Å². The van der Waals surface area contributed by atoms with E-state index in [2.05, 4.69) is 10.2 Å². The first-order chi connectivity index (χ1) is 14.0. The summed E-state index contributed by atoms with van der Waals surface area (Å²) in [5, 5.41) is 8.02. The zero-order valence-corrected chi connectivity index (χ0v) is 16.9. The normalized spacial score (nSPS) is 11.5. The molecule has 0 N–H and O–H groups in total. The van der Waals surface area contributed by atoms with Gasteiger partial charge in [0.2, 0.25) is 0 Å². The molecule has 0 amide bonds. The maximum atomic E-state index is 13.6. The van der Waals surface area contributed by atoms with Gasteiger partial charge >= 0.3 is 0 Å². The molecule has 0 radical (unpaired) electrons. The molecular formula is C21H20N4O3S. The summed E-state index contributed by atoms with van der Waals surface area (Å²) in [5.41, 5.74) is 2.03. The summed E-state index contributed by atoms with van der Waals surface area (Å²) in [6.45, 7) is 1.98. The quantitative estimate of drug-likeness (QED) is 0.488. The lowest BCUT2D eigenvalue weighted by molar-refractivity contribution is 0.415. The Morgan fingerprint density at radius 2 is 1.69 bits per heavy atom. The van der Waals surface area contributed by atoms with Gasteiger partial charge in [-0.05, 0) is 48.9 Å². The molecular weight excluding hydrogens is 388 g/mol. The number of anilines is 1. The number of rotatable bonds is 6. The van der Waals surface area contributed by atoms with E-state index in [4.69, 9.17) is 4.74 Å². The number of pyridine rings is 1. The third-order valence-corrected chi connectivity index (χ3v) is 6.42. The van der Waals surface area contributed by atoms with E-state index in [0.717, 1.165) is 5.56 Å². The zero-order valence-electron chi connectivity index (χ0n) is 16.1. The van der Waals surface area contributed by atoms with E-state index >= 15 is 0 Å². The standard InChI is InChI=1S/C21H20N4O3S/c1-16-22-23-21-13-12-20(15-24(16)21)29(26,27)25(14-17-6-4-3-5-7-17)18-8-10-19(28-2)11-9-18/h3-13,15H,14H2,1-2H3. The molecule has 0 aliphatic rings. The molecule has 0 unspecified atom stereocenters. The third kappa shape index (κ3) is 3.66. The van der Waals surface area contributed by atoms with E-state index in [1.54, 1.807) is 61.0 Å². The molecule has 0 aliphatic heterocycles. The molecule has 0 fully saturated rings. The number of hydrogen-bond donors (Lipinski definition) is 0. The van der Waals surface area contributed by atoms with Gasteiger partial charge in [-0.15, -0.1) is 10.2 Å². The second kappa shape index (κ2) is 7.56. The number of ether oxygens (including phenoxy) is 1. The summed E-state index contributed by atoms with van der Waals surface area (Å²) < 4.78 is 35.5. The summed E-state index contributed by atoms with van der Waals surface area (Å²) >= 11 is 0. The number of aromatic nitrogens is 3. The van der Waals surface area contributed by atoms with Crippen LogP contribution < -0.4 is 9.04 Å². The molecule has 8 heteroatoms. The van der Waals surface area contributed by atoms with Crippen LogP contribution in [0.3, 0.4) is 0 Å². The minimum atomic E-state index is -3.84. The highest BCUT2D eigenvalue weighted by molar-refractivity contribution is 7.92. The van der Waals surface area contributed by atoms with Crippen LogP contribution in [0, 0.1) is 6.92 Å². The predicted molar refractivity (Wildman–Crippen MR) is 111 cm³/mol.